The van der Waals surface area contributed by atoms with Crippen LogP contribution in [0.3, 0.4) is 0 Å². The van der Waals surface area contributed by atoms with Crippen molar-refractivity contribution in [2.45, 2.75) is 17.9 Å². The van der Waals surface area contributed by atoms with E-state index in [1.807, 2.05) is 65.3 Å². The highest BCUT2D eigenvalue weighted by atomic mass is 32.2. The summed E-state index contributed by atoms with van der Waals surface area (Å²) in [4.78, 5) is 0. The molecule has 1 N–H and O–H groups in total. The second-order valence-electron chi connectivity index (χ2n) is 5.63. The Morgan fingerprint density at radius 1 is 1.00 bits per heavy atom. The molecule has 5 heteroatoms. The fraction of sp³-hybridized carbons (Fsp3) is 0.222. The molecule has 3 aromatic rings. The minimum absolute atomic E-state index is 0.189. The lowest BCUT2D eigenvalue weighted by molar-refractivity contribution is 0.146. The third kappa shape index (κ3) is 2.66. The highest BCUT2D eigenvalue weighted by Gasteiger charge is 2.31. The minimum Gasteiger partial charge on any atom is -0.390 e. The quantitative estimate of drug-likeness (QED) is 0.787. The lowest BCUT2D eigenvalue weighted by Gasteiger charge is -2.21. The van der Waals surface area contributed by atoms with Crippen molar-refractivity contribution >= 4 is 11.8 Å². The summed E-state index contributed by atoms with van der Waals surface area (Å²) in [6.45, 7) is 0. The van der Waals surface area contributed by atoms with Crippen LogP contribution in [0.15, 0.2) is 60.7 Å². The van der Waals surface area contributed by atoms with E-state index in [2.05, 4.69) is 10.3 Å². The van der Waals surface area contributed by atoms with Gasteiger partial charge < -0.3 is 5.11 Å². The fourth-order valence-corrected chi connectivity index (χ4v) is 4.04. The van der Waals surface area contributed by atoms with Crippen LogP contribution in [0.4, 0.5) is 0 Å². The van der Waals surface area contributed by atoms with Crippen molar-refractivity contribution in [3.63, 3.8) is 0 Å². The molecule has 0 aliphatic carbocycles. The molecule has 1 aliphatic rings. The minimum atomic E-state index is -0.478. The molecule has 0 saturated carbocycles. The number of aliphatic hydroxyl groups is 1. The molecule has 2 aromatic carbocycles. The summed E-state index contributed by atoms with van der Waals surface area (Å²) >= 11 is 1.73. The molecule has 0 bridgehead atoms. The van der Waals surface area contributed by atoms with E-state index >= 15 is 0 Å². The van der Waals surface area contributed by atoms with Gasteiger partial charge >= 0.3 is 0 Å². The lowest BCUT2D eigenvalue weighted by Crippen LogP contribution is -2.27. The van der Waals surface area contributed by atoms with Gasteiger partial charge in [-0.25, -0.2) is 4.68 Å². The maximum Gasteiger partial charge on any atom is 0.117 e. The number of aromatic nitrogens is 3. The van der Waals surface area contributed by atoms with Gasteiger partial charge in [0, 0.05) is 17.1 Å². The number of fused-ring (bicyclic) bond motifs is 1. The smallest absolute Gasteiger partial charge is 0.117 e. The Hall–Kier alpha value is -2.11. The summed E-state index contributed by atoms with van der Waals surface area (Å²) in [6, 6.07) is 20.0. The standard InChI is InChI=1S/C18H17N3OS/c22-16-12-23-11-15-17(13-7-3-1-4-8-13)19-20-21(15)18(16)14-9-5-2-6-10-14/h1-10,16,18,22H,11-12H2/t16-,18+/m0/s1. The molecular formula is C18H17N3OS. The third-order valence-corrected chi connectivity index (χ3v) is 5.19. The molecule has 1 aliphatic heterocycles. The maximum absolute atomic E-state index is 10.6. The highest BCUT2D eigenvalue weighted by molar-refractivity contribution is 7.98. The van der Waals surface area contributed by atoms with Crippen LogP contribution in [-0.4, -0.2) is 32.0 Å². The Morgan fingerprint density at radius 2 is 1.70 bits per heavy atom. The SMILES string of the molecule is O[C@H]1CSCc2c(-c3ccccc3)nnn2[C@@H]1c1ccccc1. The summed E-state index contributed by atoms with van der Waals surface area (Å²) in [5.41, 5.74) is 4.12. The number of benzene rings is 2. The molecule has 116 valence electrons. The Bertz CT molecular complexity index is 789. The van der Waals surface area contributed by atoms with E-state index in [-0.39, 0.29) is 6.04 Å². The van der Waals surface area contributed by atoms with Gasteiger partial charge in [0.05, 0.1) is 11.8 Å². The van der Waals surface area contributed by atoms with Crippen LogP contribution >= 0.6 is 11.8 Å². The van der Waals surface area contributed by atoms with Gasteiger partial charge in [-0.15, -0.1) is 5.10 Å². The third-order valence-electron chi connectivity index (χ3n) is 4.13. The van der Waals surface area contributed by atoms with Crippen molar-refractivity contribution in [2.24, 2.45) is 0 Å². The summed E-state index contributed by atoms with van der Waals surface area (Å²) < 4.78 is 1.91. The average molecular weight is 323 g/mol. The number of thioether (sulfide) groups is 1. The van der Waals surface area contributed by atoms with E-state index < -0.39 is 6.10 Å². The second kappa shape index (κ2) is 6.18. The van der Waals surface area contributed by atoms with E-state index in [0.717, 1.165) is 28.3 Å². The van der Waals surface area contributed by atoms with Gasteiger partial charge in [0.1, 0.15) is 11.7 Å². The van der Waals surface area contributed by atoms with E-state index in [0.29, 0.717) is 5.75 Å². The Labute approximate surface area is 139 Å². The van der Waals surface area contributed by atoms with Gasteiger partial charge in [0.15, 0.2) is 0 Å². The fourth-order valence-electron chi connectivity index (χ4n) is 3.04. The van der Waals surface area contributed by atoms with Crippen molar-refractivity contribution in [1.29, 1.82) is 0 Å². The molecule has 2 atom stereocenters. The molecule has 23 heavy (non-hydrogen) atoms. The molecule has 1 aromatic heterocycles. The topological polar surface area (TPSA) is 50.9 Å². The first-order valence-corrected chi connectivity index (χ1v) is 8.80. The zero-order chi connectivity index (χ0) is 15.6. The number of hydrogen-bond donors (Lipinski definition) is 1. The highest BCUT2D eigenvalue weighted by Crippen LogP contribution is 2.34. The Kier molecular flexibility index (Phi) is 3.89. The summed E-state index contributed by atoms with van der Waals surface area (Å²) in [6.07, 6.45) is -0.478. The van der Waals surface area contributed by atoms with Gasteiger partial charge in [0.2, 0.25) is 0 Å². The normalized spacial score (nSPS) is 20.7. The van der Waals surface area contributed by atoms with Gasteiger partial charge in [-0.05, 0) is 5.56 Å². The van der Waals surface area contributed by atoms with Crippen molar-refractivity contribution in [2.75, 3.05) is 5.75 Å². The zero-order valence-electron chi connectivity index (χ0n) is 12.5. The summed E-state index contributed by atoms with van der Waals surface area (Å²) in [5, 5.41) is 19.4. The largest absolute Gasteiger partial charge is 0.390 e. The number of aliphatic hydroxyl groups excluding tert-OH is 1. The van der Waals surface area contributed by atoms with E-state index in [4.69, 9.17) is 0 Å². The average Bonchev–Trinajstić information content (AvgIpc) is 2.93. The van der Waals surface area contributed by atoms with Crippen molar-refractivity contribution < 1.29 is 5.11 Å². The van der Waals surface area contributed by atoms with E-state index in [1.165, 1.54) is 0 Å². The van der Waals surface area contributed by atoms with Crippen molar-refractivity contribution in [1.82, 2.24) is 15.0 Å². The maximum atomic E-state index is 10.6. The van der Waals surface area contributed by atoms with Gasteiger partial charge in [-0.1, -0.05) is 65.9 Å². The molecule has 0 unspecified atom stereocenters. The molecular weight excluding hydrogens is 306 g/mol. The molecule has 4 nitrogen and oxygen atoms in total. The number of hydrogen-bond acceptors (Lipinski definition) is 4. The predicted octanol–water partition coefficient (Wildman–Crippen LogP) is 3.14. The molecule has 0 amide bonds. The van der Waals surface area contributed by atoms with Crippen LogP contribution < -0.4 is 0 Å². The molecule has 0 spiro atoms. The monoisotopic (exact) mass is 323 g/mol. The molecule has 0 fully saturated rings. The van der Waals surface area contributed by atoms with Crippen molar-refractivity contribution in [3.05, 3.63) is 71.9 Å². The first-order valence-electron chi connectivity index (χ1n) is 7.65. The van der Waals surface area contributed by atoms with Crippen molar-refractivity contribution in [3.8, 4) is 11.3 Å². The Morgan fingerprint density at radius 3 is 2.43 bits per heavy atom. The van der Waals surface area contributed by atoms with Crippen LogP contribution in [0.25, 0.3) is 11.3 Å². The first kappa shape index (κ1) is 14.5. The van der Waals surface area contributed by atoms with Gasteiger partial charge in [-0.3, -0.25) is 0 Å². The van der Waals surface area contributed by atoms with Gasteiger partial charge in [0.25, 0.3) is 0 Å². The van der Waals surface area contributed by atoms with Crippen LogP contribution in [0.2, 0.25) is 0 Å². The summed E-state index contributed by atoms with van der Waals surface area (Å²) in [7, 11) is 0. The van der Waals surface area contributed by atoms with E-state index in [9.17, 15) is 5.11 Å². The Balaban J connectivity index is 1.84. The number of nitrogens with zero attached hydrogens (tertiary/aromatic N) is 3. The molecule has 2 heterocycles. The predicted molar refractivity (Wildman–Crippen MR) is 92.2 cm³/mol. The first-order chi connectivity index (χ1) is 11.3. The van der Waals surface area contributed by atoms with Crippen LogP contribution in [0.1, 0.15) is 17.3 Å². The zero-order valence-corrected chi connectivity index (χ0v) is 13.4. The second-order valence-corrected chi connectivity index (χ2v) is 6.66. The van der Waals surface area contributed by atoms with Gasteiger partial charge in [-0.2, -0.15) is 11.8 Å². The van der Waals surface area contributed by atoms with Crippen LogP contribution in [0.5, 0.6) is 0 Å². The molecule has 0 radical (unpaired) electrons. The van der Waals surface area contributed by atoms with E-state index in [1.54, 1.807) is 11.8 Å². The number of rotatable bonds is 2. The van der Waals surface area contributed by atoms with Crippen LogP contribution in [-0.2, 0) is 5.75 Å². The summed E-state index contributed by atoms with van der Waals surface area (Å²) in [5.74, 6) is 1.49. The lowest BCUT2D eigenvalue weighted by atomic mass is 10.0. The molecule has 0 saturated heterocycles. The molecule has 4 rings (SSSR count). The van der Waals surface area contributed by atoms with Crippen LogP contribution in [0, 0.1) is 0 Å².